The Balaban J connectivity index is 2.41. The molecule has 24 nitrogen and oxygen atoms in total. The van der Waals surface area contributed by atoms with Crippen LogP contribution in [-0.4, -0.2) is 141 Å². The molecule has 0 saturated heterocycles. The fraction of sp³-hybridized carbons (Fsp3) is 0.593. The number of aromatic hydroxyl groups is 1. The Kier molecular flexibility index (Phi) is 28.5. The van der Waals surface area contributed by atoms with Crippen LogP contribution in [0.2, 0.25) is 0 Å². The van der Waals surface area contributed by atoms with Crippen molar-refractivity contribution in [2.24, 2.45) is 40.9 Å². The van der Waals surface area contributed by atoms with Crippen LogP contribution in [0.4, 0.5) is 0 Å². The number of aliphatic hydroxyl groups is 1. The molecule has 78 heavy (non-hydrogen) atoms. The van der Waals surface area contributed by atoms with Crippen molar-refractivity contribution in [2.75, 3.05) is 6.54 Å². The van der Waals surface area contributed by atoms with Crippen molar-refractivity contribution >= 4 is 59.1 Å². The fourth-order valence-corrected chi connectivity index (χ4v) is 8.06. The Bertz CT molecular complexity index is 2320. The van der Waals surface area contributed by atoms with Gasteiger partial charge in [-0.3, -0.25) is 43.2 Å². The second kappa shape index (κ2) is 33.2. The number of phenols is 1. The molecule has 2 aromatic carbocycles. The van der Waals surface area contributed by atoms with E-state index < -0.39 is 132 Å². The van der Waals surface area contributed by atoms with Crippen molar-refractivity contribution in [3.63, 3.8) is 0 Å². The molecule has 0 aliphatic heterocycles. The Morgan fingerprint density at radius 3 is 1.40 bits per heavy atom. The summed E-state index contributed by atoms with van der Waals surface area (Å²) in [5.74, 6) is -10.7. The smallest absolute Gasteiger partial charge is 0.326 e. The number of carboxylic acid groups (broad SMARTS) is 1. The van der Waals surface area contributed by atoms with E-state index in [-0.39, 0.29) is 62.2 Å². The number of unbranched alkanes of at least 4 members (excludes halogenated alkanes) is 1. The predicted molar refractivity (Wildman–Crippen MR) is 290 cm³/mol. The maximum Gasteiger partial charge on any atom is 0.326 e. The molecule has 0 aliphatic carbocycles. The Morgan fingerprint density at radius 1 is 0.487 bits per heavy atom. The quantitative estimate of drug-likeness (QED) is 0.0384. The summed E-state index contributed by atoms with van der Waals surface area (Å²) in [5, 5.41) is 50.9. The molecule has 434 valence electrons. The van der Waals surface area contributed by atoms with Crippen LogP contribution in [0.5, 0.6) is 5.75 Å². The summed E-state index contributed by atoms with van der Waals surface area (Å²) >= 11 is 0. The molecule has 24 heteroatoms. The Hall–Kier alpha value is -7.18. The number of hydrogen-bond acceptors (Lipinski definition) is 14. The van der Waals surface area contributed by atoms with E-state index in [1.54, 1.807) is 97.9 Å². The van der Waals surface area contributed by atoms with E-state index in [9.17, 15) is 63.3 Å². The minimum absolute atomic E-state index is 0.0222. The number of carbonyl (C=O) groups excluding carboxylic acids is 9. The molecular formula is C54H85N11O13. The van der Waals surface area contributed by atoms with E-state index in [1.165, 1.54) is 12.1 Å². The van der Waals surface area contributed by atoms with E-state index in [0.29, 0.717) is 24.0 Å². The lowest BCUT2D eigenvalue weighted by atomic mass is 9.99. The van der Waals surface area contributed by atoms with Gasteiger partial charge in [0.1, 0.15) is 54.1 Å². The van der Waals surface area contributed by atoms with Gasteiger partial charge in [0.25, 0.3) is 0 Å². The summed E-state index contributed by atoms with van der Waals surface area (Å²) in [7, 11) is 0. The highest BCUT2D eigenvalue weighted by atomic mass is 16.4. The molecule has 0 fully saturated rings. The second-order valence-electron chi connectivity index (χ2n) is 21.2. The number of rotatable bonds is 34. The molecule has 0 heterocycles. The highest BCUT2D eigenvalue weighted by Gasteiger charge is 2.37. The lowest BCUT2D eigenvalue weighted by Gasteiger charge is -2.29. The molecule has 0 radical (unpaired) electrons. The van der Waals surface area contributed by atoms with Gasteiger partial charge in [-0.05, 0) is 92.5 Å². The second-order valence-corrected chi connectivity index (χ2v) is 21.2. The maximum atomic E-state index is 14.2. The van der Waals surface area contributed by atoms with Gasteiger partial charge in [0.05, 0.1) is 18.6 Å². The van der Waals surface area contributed by atoms with Gasteiger partial charge in [-0.15, -0.1) is 0 Å². The molecule has 0 aromatic heterocycles. The van der Waals surface area contributed by atoms with Crippen LogP contribution < -0.4 is 59.7 Å². The highest BCUT2D eigenvalue weighted by Crippen LogP contribution is 2.15. The van der Waals surface area contributed by atoms with Gasteiger partial charge in [-0.25, -0.2) is 4.79 Å². The van der Waals surface area contributed by atoms with Crippen LogP contribution in [0.25, 0.3) is 0 Å². The van der Waals surface area contributed by atoms with Gasteiger partial charge in [-0.1, -0.05) is 97.9 Å². The molecule has 0 saturated carbocycles. The van der Waals surface area contributed by atoms with Crippen LogP contribution in [0.15, 0.2) is 54.6 Å². The molecule has 0 spiro atoms. The first-order valence-electron chi connectivity index (χ1n) is 26.4. The third-order valence-corrected chi connectivity index (χ3v) is 12.5. The van der Waals surface area contributed by atoms with Crippen molar-refractivity contribution in [3.8, 4) is 5.75 Å². The number of aliphatic hydroxyl groups excluding tert-OH is 1. The zero-order valence-corrected chi connectivity index (χ0v) is 46.3. The normalized spacial score (nSPS) is 15.2. The molecule has 0 bridgehead atoms. The van der Waals surface area contributed by atoms with Gasteiger partial charge in [0, 0.05) is 12.8 Å². The number of amides is 9. The molecule has 10 unspecified atom stereocenters. The summed E-state index contributed by atoms with van der Waals surface area (Å²) in [6, 6.07) is 2.04. The van der Waals surface area contributed by atoms with Crippen LogP contribution >= 0.6 is 0 Å². The fourth-order valence-electron chi connectivity index (χ4n) is 8.06. The number of carboxylic acids is 1. The molecule has 10 atom stereocenters. The number of phenolic OH excluding ortho intramolecular Hbond substituents is 1. The van der Waals surface area contributed by atoms with Gasteiger partial charge in [0.2, 0.25) is 53.2 Å². The summed E-state index contributed by atoms with van der Waals surface area (Å²) in [6.45, 7) is 15.2. The van der Waals surface area contributed by atoms with E-state index in [4.69, 9.17) is 17.2 Å². The number of hydrogen-bond donors (Lipinski definition) is 14. The van der Waals surface area contributed by atoms with Crippen molar-refractivity contribution in [1.29, 1.82) is 0 Å². The van der Waals surface area contributed by atoms with E-state index >= 15 is 0 Å². The van der Waals surface area contributed by atoms with Crippen LogP contribution in [0.3, 0.4) is 0 Å². The average molecular weight is 1100 g/mol. The first kappa shape index (κ1) is 66.9. The lowest BCUT2D eigenvalue weighted by molar-refractivity contribution is -0.143. The van der Waals surface area contributed by atoms with Crippen LogP contribution in [-0.2, 0) is 60.8 Å². The molecule has 2 aromatic rings. The molecule has 0 aliphatic rings. The lowest BCUT2D eigenvalue weighted by Crippen LogP contribution is -2.62. The van der Waals surface area contributed by atoms with Crippen LogP contribution in [0.1, 0.15) is 112 Å². The van der Waals surface area contributed by atoms with Crippen LogP contribution in [0, 0.1) is 23.7 Å². The minimum Gasteiger partial charge on any atom is -0.508 e. The largest absolute Gasteiger partial charge is 0.508 e. The SMILES string of the molecule is CC(C)CC(NC(=O)C(Cc1ccccc1)NC(=O)C(NC(=O)C(CC(N)=O)NC(=O)C(NC(=O)C(CCCCN)NC(=O)C(CC(C)C)NC(=O)C(Cc1ccc(O)cc1)NC(=O)C(N)C(C)C)C(C)O)C(C)C)C(=O)O. The van der Waals surface area contributed by atoms with Gasteiger partial charge >= 0.3 is 5.97 Å². The molecule has 2 rings (SSSR count). The zero-order valence-electron chi connectivity index (χ0n) is 46.3. The summed E-state index contributed by atoms with van der Waals surface area (Å²) in [6.07, 6.45) is -1.76. The number of aliphatic carboxylic acids is 1. The third kappa shape index (κ3) is 23.6. The number of nitrogens with two attached hydrogens (primary N) is 3. The topological polar surface area (TPSA) is 406 Å². The predicted octanol–water partition coefficient (Wildman–Crippen LogP) is -0.743. The highest BCUT2D eigenvalue weighted by molar-refractivity contribution is 5.99. The number of benzene rings is 2. The van der Waals surface area contributed by atoms with E-state index in [0.717, 1.165) is 6.92 Å². The monoisotopic (exact) mass is 1100 g/mol. The first-order chi connectivity index (χ1) is 36.5. The number of nitrogens with one attached hydrogen (secondary N) is 8. The molecular weight excluding hydrogens is 1010 g/mol. The average Bonchev–Trinajstić information content (AvgIpc) is 3.35. The first-order valence-corrected chi connectivity index (χ1v) is 26.4. The maximum absolute atomic E-state index is 14.2. The van der Waals surface area contributed by atoms with Crippen molar-refractivity contribution < 1.29 is 63.3 Å². The standard InChI is InChI=1S/C54H85N11O13/c1-28(2)23-37(59-48(71)38(60-51(74)43(57)30(5)6)26-34-18-20-35(67)21-19-34)47(70)58-36(17-13-14-22-55)46(69)65-45(32(9)66)53(76)62-40(27-42(56)68)50(73)64-44(31(7)8)52(75)61-39(25-33-15-11-10-12-16-33)49(72)63-41(54(77)78)24-29(3)4/h10-12,15-16,18-21,28-32,36-41,43-45,66-67H,13-14,17,22-27,55,57H2,1-9H3,(H2,56,68)(H,58,70)(H,59,71)(H,60,74)(H,61,75)(H,62,76)(H,63,72)(H,64,73)(H,65,69)(H,77,78). The number of primary amides is 1. The Labute approximate surface area is 456 Å². The van der Waals surface area contributed by atoms with E-state index in [1.807, 2.05) is 0 Å². The minimum atomic E-state index is -1.82. The zero-order chi connectivity index (χ0) is 59.0. The third-order valence-electron chi connectivity index (χ3n) is 12.5. The molecule has 17 N–H and O–H groups in total. The summed E-state index contributed by atoms with van der Waals surface area (Å²) in [5.41, 5.74) is 18.5. The van der Waals surface area contributed by atoms with Crippen molar-refractivity contribution in [1.82, 2.24) is 42.5 Å². The van der Waals surface area contributed by atoms with Gasteiger partial charge in [-0.2, -0.15) is 0 Å². The van der Waals surface area contributed by atoms with Crippen molar-refractivity contribution in [3.05, 3.63) is 65.7 Å². The van der Waals surface area contributed by atoms with E-state index in [2.05, 4.69) is 42.5 Å². The summed E-state index contributed by atoms with van der Waals surface area (Å²) < 4.78 is 0. The molecule has 9 amide bonds. The van der Waals surface area contributed by atoms with Crippen molar-refractivity contribution in [2.45, 2.75) is 174 Å². The summed E-state index contributed by atoms with van der Waals surface area (Å²) in [4.78, 5) is 136. The van der Waals surface area contributed by atoms with Gasteiger partial charge in [0.15, 0.2) is 0 Å². The Morgan fingerprint density at radius 2 is 0.910 bits per heavy atom. The number of carbonyl (C=O) groups is 10. The van der Waals surface area contributed by atoms with Gasteiger partial charge < -0.3 is 75.1 Å².